The number of halogens is 3. The molecule has 0 spiro atoms. The molecule has 2 aromatic carbocycles. The summed E-state index contributed by atoms with van der Waals surface area (Å²) in [7, 11) is 0. The van der Waals surface area contributed by atoms with Crippen molar-refractivity contribution in [3.05, 3.63) is 75.3 Å². The number of hydrogen-bond acceptors (Lipinski definition) is 3. The third kappa shape index (κ3) is 3.36. The van der Waals surface area contributed by atoms with Gasteiger partial charge in [-0.05, 0) is 17.2 Å². The molecular weight excluding hydrogens is 303 g/mol. The van der Waals surface area contributed by atoms with Gasteiger partial charge in [-0.15, -0.1) is 0 Å². The molecule has 0 aliphatic rings. The van der Waals surface area contributed by atoms with Crippen molar-refractivity contribution in [1.29, 1.82) is 0 Å². The zero-order chi connectivity index (χ0) is 15.6. The molecule has 0 aromatic heterocycles. The molecule has 0 saturated carbocycles. The van der Waals surface area contributed by atoms with Crippen LogP contribution in [0.15, 0.2) is 48.5 Å². The number of rotatable bonds is 3. The Bertz CT molecular complexity index is 656. The van der Waals surface area contributed by atoms with Crippen LogP contribution in [0.1, 0.15) is 21.9 Å². The first-order valence-corrected chi connectivity index (χ1v) is 6.41. The number of alkyl halides is 3. The molecule has 0 aliphatic carbocycles. The zero-order valence-electron chi connectivity index (χ0n) is 10.5. The Morgan fingerprint density at radius 1 is 1.05 bits per heavy atom. The quantitative estimate of drug-likeness (QED) is 0.510. The van der Waals surface area contributed by atoms with Crippen LogP contribution in [-0.4, -0.2) is 4.92 Å². The Balaban J connectivity index is 2.40. The van der Waals surface area contributed by atoms with Gasteiger partial charge in [-0.2, -0.15) is 25.8 Å². The van der Waals surface area contributed by atoms with Gasteiger partial charge in [0.15, 0.2) is 0 Å². The lowest BCUT2D eigenvalue weighted by Gasteiger charge is -2.17. The fourth-order valence-electron chi connectivity index (χ4n) is 1.95. The van der Waals surface area contributed by atoms with Crippen molar-refractivity contribution >= 4 is 18.3 Å². The second-order valence-electron chi connectivity index (χ2n) is 4.34. The van der Waals surface area contributed by atoms with Crippen molar-refractivity contribution in [2.24, 2.45) is 0 Å². The van der Waals surface area contributed by atoms with E-state index in [0.29, 0.717) is 5.56 Å². The number of benzene rings is 2. The van der Waals surface area contributed by atoms with Crippen molar-refractivity contribution in [2.45, 2.75) is 11.4 Å². The predicted octanol–water partition coefficient (Wildman–Crippen LogP) is 4.63. The van der Waals surface area contributed by atoms with Crippen molar-refractivity contribution < 1.29 is 18.1 Å². The molecule has 1 atom stereocenters. The first-order chi connectivity index (χ1) is 9.80. The van der Waals surface area contributed by atoms with E-state index < -0.39 is 21.9 Å². The largest absolute Gasteiger partial charge is 0.416 e. The smallest absolute Gasteiger partial charge is 0.258 e. The fourth-order valence-corrected chi connectivity index (χ4v) is 2.35. The minimum atomic E-state index is -4.47. The molecular formula is C14H10F3NO2S. The summed E-state index contributed by atoms with van der Waals surface area (Å²) in [5.74, 6) is 0. The normalized spacial score (nSPS) is 13.0. The van der Waals surface area contributed by atoms with Crippen LogP contribution < -0.4 is 0 Å². The van der Waals surface area contributed by atoms with Gasteiger partial charge in [0.25, 0.3) is 5.69 Å². The van der Waals surface area contributed by atoms with Crippen LogP contribution >= 0.6 is 12.6 Å². The molecule has 0 saturated heterocycles. The molecule has 1 unspecified atom stereocenters. The van der Waals surface area contributed by atoms with Crippen LogP contribution in [0, 0.1) is 10.1 Å². The fraction of sp³-hybridized carbons (Fsp3) is 0.143. The summed E-state index contributed by atoms with van der Waals surface area (Å²) >= 11 is 4.23. The highest BCUT2D eigenvalue weighted by atomic mass is 32.1. The van der Waals surface area contributed by atoms with E-state index in [0.717, 1.165) is 6.07 Å². The Kier molecular flexibility index (Phi) is 4.22. The molecule has 0 aliphatic heterocycles. The number of thiol groups is 1. The summed E-state index contributed by atoms with van der Waals surface area (Å²) in [6.45, 7) is 0. The maximum Gasteiger partial charge on any atom is 0.416 e. The van der Waals surface area contributed by atoms with Gasteiger partial charge in [0, 0.05) is 12.1 Å². The van der Waals surface area contributed by atoms with E-state index in [-0.39, 0.29) is 11.3 Å². The van der Waals surface area contributed by atoms with Gasteiger partial charge in [-0.1, -0.05) is 30.3 Å². The molecule has 21 heavy (non-hydrogen) atoms. The first-order valence-electron chi connectivity index (χ1n) is 5.89. The average molecular weight is 313 g/mol. The van der Waals surface area contributed by atoms with E-state index in [1.807, 2.05) is 0 Å². The van der Waals surface area contributed by atoms with Crippen molar-refractivity contribution in [2.75, 3.05) is 0 Å². The molecule has 3 nitrogen and oxygen atoms in total. The highest BCUT2D eigenvalue weighted by molar-refractivity contribution is 7.80. The number of non-ortho nitro benzene ring substituents is 1. The van der Waals surface area contributed by atoms with Crippen molar-refractivity contribution in [1.82, 2.24) is 0 Å². The summed E-state index contributed by atoms with van der Waals surface area (Å²) in [5.41, 5.74) is -0.408. The molecule has 0 amide bonds. The van der Waals surface area contributed by atoms with E-state index in [2.05, 4.69) is 12.6 Å². The van der Waals surface area contributed by atoms with Crippen LogP contribution in [0.25, 0.3) is 0 Å². The van der Waals surface area contributed by atoms with Gasteiger partial charge in [-0.25, -0.2) is 0 Å². The van der Waals surface area contributed by atoms with Gasteiger partial charge < -0.3 is 0 Å². The molecule has 110 valence electrons. The summed E-state index contributed by atoms with van der Waals surface area (Å²) < 4.78 is 38.9. The minimum Gasteiger partial charge on any atom is -0.258 e. The zero-order valence-corrected chi connectivity index (χ0v) is 11.4. The molecule has 2 aromatic rings. The van der Waals surface area contributed by atoms with E-state index in [4.69, 9.17) is 0 Å². The Morgan fingerprint density at radius 3 is 2.14 bits per heavy atom. The summed E-state index contributed by atoms with van der Waals surface area (Å²) in [6, 6.07) is 10.4. The SMILES string of the molecule is O=[N+]([O-])c1ccc(C(S)c2ccccc2C(F)(F)F)cc1. The number of nitrogens with zero attached hydrogens (tertiary/aromatic N) is 1. The van der Waals surface area contributed by atoms with Crippen LogP contribution in [-0.2, 0) is 6.18 Å². The van der Waals surface area contributed by atoms with Crippen LogP contribution in [0.2, 0.25) is 0 Å². The lowest BCUT2D eigenvalue weighted by Crippen LogP contribution is -2.10. The summed E-state index contributed by atoms with van der Waals surface area (Å²) in [5, 5.41) is 9.76. The maximum absolute atomic E-state index is 13.0. The van der Waals surface area contributed by atoms with Gasteiger partial charge in [0.2, 0.25) is 0 Å². The molecule has 7 heteroatoms. The Labute approximate surface area is 124 Å². The van der Waals surface area contributed by atoms with Crippen molar-refractivity contribution in [3.8, 4) is 0 Å². The van der Waals surface area contributed by atoms with Gasteiger partial charge in [0.1, 0.15) is 0 Å². The highest BCUT2D eigenvalue weighted by Crippen LogP contribution is 2.39. The van der Waals surface area contributed by atoms with Gasteiger partial charge >= 0.3 is 6.18 Å². The van der Waals surface area contributed by atoms with Crippen LogP contribution in [0.5, 0.6) is 0 Å². The molecule has 2 rings (SSSR count). The Hall–Kier alpha value is -2.02. The number of nitro groups is 1. The average Bonchev–Trinajstić information content (AvgIpc) is 2.45. The lowest BCUT2D eigenvalue weighted by molar-refractivity contribution is -0.384. The monoisotopic (exact) mass is 313 g/mol. The van der Waals surface area contributed by atoms with E-state index >= 15 is 0 Å². The highest BCUT2D eigenvalue weighted by Gasteiger charge is 2.34. The van der Waals surface area contributed by atoms with Crippen LogP contribution in [0.3, 0.4) is 0 Å². The van der Waals surface area contributed by atoms with E-state index in [9.17, 15) is 23.3 Å². The summed E-state index contributed by atoms with van der Waals surface area (Å²) in [4.78, 5) is 10.0. The molecule has 0 heterocycles. The van der Waals surface area contributed by atoms with E-state index in [1.54, 1.807) is 0 Å². The predicted molar refractivity (Wildman–Crippen MR) is 75.4 cm³/mol. The lowest BCUT2D eigenvalue weighted by atomic mass is 9.98. The number of hydrogen-bond donors (Lipinski definition) is 1. The standard InChI is InChI=1S/C14H10F3NO2S/c15-14(16,17)12-4-2-1-3-11(12)13(21)9-5-7-10(8-6-9)18(19)20/h1-8,13,21H. The third-order valence-corrected chi connectivity index (χ3v) is 3.56. The molecule has 0 fully saturated rings. The maximum atomic E-state index is 13.0. The second-order valence-corrected chi connectivity index (χ2v) is 4.85. The van der Waals surface area contributed by atoms with Gasteiger partial charge in [0.05, 0.1) is 15.7 Å². The van der Waals surface area contributed by atoms with Gasteiger partial charge in [-0.3, -0.25) is 10.1 Å². The first kappa shape index (κ1) is 15.4. The minimum absolute atomic E-state index is 0.0159. The van der Waals surface area contributed by atoms with Crippen LogP contribution in [0.4, 0.5) is 18.9 Å². The number of nitro benzene ring substituents is 1. The summed E-state index contributed by atoms with van der Waals surface area (Å²) in [6.07, 6.45) is -4.47. The molecule has 0 radical (unpaired) electrons. The Morgan fingerprint density at radius 2 is 1.62 bits per heavy atom. The topological polar surface area (TPSA) is 43.1 Å². The molecule has 0 bridgehead atoms. The second kappa shape index (κ2) is 5.77. The third-order valence-electron chi connectivity index (χ3n) is 2.98. The molecule has 0 N–H and O–H groups in total. The van der Waals surface area contributed by atoms with Crippen molar-refractivity contribution in [3.63, 3.8) is 0 Å². The van der Waals surface area contributed by atoms with E-state index in [1.165, 1.54) is 42.5 Å².